The minimum Gasteiger partial charge on any atom is -0.472 e. The first-order valence-electron chi connectivity index (χ1n) is 6.76. The van der Waals surface area contributed by atoms with E-state index in [1.54, 1.807) is 0 Å². The van der Waals surface area contributed by atoms with Gasteiger partial charge in [-0.15, -0.1) is 0 Å². The molecule has 1 aromatic heterocycles. The average molecular weight is 270 g/mol. The van der Waals surface area contributed by atoms with Gasteiger partial charge in [0, 0.05) is 18.7 Å². The number of halogens is 1. The van der Waals surface area contributed by atoms with Crippen LogP contribution >= 0.6 is 0 Å². The summed E-state index contributed by atoms with van der Waals surface area (Å²) in [6.45, 7) is 8.50. The van der Waals surface area contributed by atoms with Gasteiger partial charge in [0.05, 0.1) is 12.8 Å². The van der Waals surface area contributed by atoms with E-state index in [0.29, 0.717) is 25.6 Å². The van der Waals surface area contributed by atoms with Crippen molar-refractivity contribution in [3.05, 3.63) is 23.6 Å². The molecule has 5 heteroatoms. The number of rotatable bonds is 9. The first-order chi connectivity index (χ1) is 9.17. The van der Waals surface area contributed by atoms with Crippen LogP contribution in [0.25, 0.3) is 0 Å². The van der Waals surface area contributed by atoms with E-state index >= 15 is 0 Å². The van der Waals surface area contributed by atoms with Crippen LogP contribution in [0.5, 0.6) is 5.88 Å². The molecule has 1 heterocycles. The van der Waals surface area contributed by atoms with E-state index in [-0.39, 0.29) is 11.9 Å². The Balaban J connectivity index is 2.64. The maximum absolute atomic E-state index is 13.2. The highest BCUT2D eigenvalue weighted by Gasteiger charge is 2.11. The number of hydrogen-bond acceptors (Lipinski definition) is 4. The third-order valence-electron chi connectivity index (χ3n) is 2.50. The second-order valence-corrected chi connectivity index (χ2v) is 4.38. The molecule has 0 saturated heterocycles. The fourth-order valence-corrected chi connectivity index (χ4v) is 1.61. The Labute approximate surface area is 114 Å². The van der Waals surface area contributed by atoms with Crippen molar-refractivity contribution in [2.24, 2.45) is 0 Å². The minimum absolute atomic E-state index is 0.108. The summed E-state index contributed by atoms with van der Waals surface area (Å²) in [6.07, 6.45) is 2.09. The van der Waals surface area contributed by atoms with Crippen LogP contribution in [0.2, 0.25) is 0 Å². The zero-order valence-corrected chi connectivity index (χ0v) is 11.9. The lowest BCUT2D eigenvalue weighted by atomic mass is 10.2. The molecular formula is C14H23FN2O2. The molecule has 0 saturated carbocycles. The van der Waals surface area contributed by atoms with Crippen LogP contribution < -0.4 is 10.1 Å². The molecule has 0 aromatic carbocycles. The summed E-state index contributed by atoms with van der Waals surface area (Å²) in [5.41, 5.74) is 0.733. The van der Waals surface area contributed by atoms with Crippen molar-refractivity contribution >= 4 is 0 Å². The van der Waals surface area contributed by atoms with E-state index in [1.807, 2.05) is 13.8 Å². The highest BCUT2D eigenvalue weighted by Crippen LogP contribution is 2.17. The van der Waals surface area contributed by atoms with Gasteiger partial charge in [-0.3, -0.25) is 0 Å². The summed E-state index contributed by atoms with van der Waals surface area (Å²) in [5, 5.41) is 3.22. The summed E-state index contributed by atoms with van der Waals surface area (Å²) in [6, 6.07) is 1.46. The third-order valence-corrected chi connectivity index (χ3v) is 2.50. The summed E-state index contributed by atoms with van der Waals surface area (Å²) >= 11 is 0. The number of pyridine rings is 1. The standard InChI is InChI=1S/C14H23FN2O2/c1-4-6-16-8-12-7-13(15)9-17-14(12)19-11(3)10-18-5-2/h7,9,11,16H,4-6,8,10H2,1-3H3. The maximum atomic E-state index is 13.2. The molecule has 108 valence electrons. The predicted molar refractivity (Wildman–Crippen MR) is 72.8 cm³/mol. The molecule has 0 fully saturated rings. The fraction of sp³-hybridized carbons (Fsp3) is 0.643. The van der Waals surface area contributed by atoms with Crippen molar-refractivity contribution in [2.45, 2.75) is 39.8 Å². The van der Waals surface area contributed by atoms with E-state index in [0.717, 1.165) is 18.5 Å². The Morgan fingerprint density at radius 2 is 2.21 bits per heavy atom. The molecule has 4 nitrogen and oxygen atoms in total. The largest absolute Gasteiger partial charge is 0.472 e. The van der Waals surface area contributed by atoms with Crippen molar-refractivity contribution in [1.82, 2.24) is 10.3 Å². The molecule has 0 bridgehead atoms. The minimum atomic E-state index is -0.349. The van der Waals surface area contributed by atoms with Crippen LogP contribution in [0.3, 0.4) is 0 Å². The second kappa shape index (κ2) is 8.82. The Morgan fingerprint density at radius 3 is 2.89 bits per heavy atom. The number of aromatic nitrogens is 1. The van der Waals surface area contributed by atoms with Gasteiger partial charge in [-0.25, -0.2) is 9.37 Å². The lowest BCUT2D eigenvalue weighted by Gasteiger charge is -2.16. The number of hydrogen-bond donors (Lipinski definition) is 1. The molecule has 0 aliphatic rings. The van der Waals surface area contributed by atoms with Gasteiger partial charge in [-0.2, -0.15) is 0 Å². The lowest BCUT2D eigenvalue weighted by Crippen LogP contribution is -2.22. The van der Waals surface area contributed by atoms with Crippen molar-refractivity contribution in [3.63, 3.8) is 0 Å². The first-order valence-corrected chi connectivity index (χ1v) is 6.76. The fourth-order valence-electron chi connectivity index (χ4n) is 1.61. The van der Waals surface area contributed by atoms with Crippen molar-refractivity contribution in [2.75, 3.05) is 19.8 Å². The first kappa shape index (κ1) is 15.9. The van der Waals surface area contributed by atoms with Gasteiger partial charge in [-0.05, 0) is 32.9 Å². The zero-order chi connectivity index (χ0) is 14.1. The van der Waals surface area contributed by atoms with Crippen LogP contribution in [0.1, 0.15) is 32.8 Å². The van der Waals surface area contributed by atoms with Crippen molar-refractivity contribution in [3.8, 4) is 5.88 Å². The molecule has 1 unspecified atom stereocenters. The SMILES string of the molecule is CCCNCc1cc(F)cnc1OC(C)COCC. The Bertz CT molecular complexity index is 374. The second-order valence-electron chi connectivity index (χ2n) is 4.38. The van der Waals surface area contributed by atoms with Gasteiger partial charge in [0.2, 0.25) is 5.88 Å². The van der Waals surface area contributed by atoms with Crippen LogP contribution in [0.15, 0.2) is 12.3 Å². The van der Waals surface area contributed by atoms with Crippen LogP contribution in [-0.2, 0) is 11.3 Å². The topological polar surface area (TPSA) is 43.4 Å². The molecule has 1 rings (SSSR count). The lowest BCUT2D eigenvalue weighted by molar-refractivity contribution is 0.0626. The van der Waals surface area contributed by atoms with E-state index in [1.165, 1.54) is 12.3 Å². The van der Waals surface area contributed by atoms with Crippen molar-refractivity contribution < 1.29 is 13.9 Å². The van der Waals surface area contributed by atoms with Gasteiger partial charge in [-0.1, -0.05) is 6.92 Å². The molecular weight excluding hydrogens is 247 g/mol. The molecule has 19 heavy (non-hydrogen) atoms. The van der Waals surface area contributed by atoms with Gasteiger partial charge < -0.3 is 14.8 Å². The highest BCUT2D eigenvalue weighted by molar-refractivity contribution is 5.26. The molecule has 1 aromatic rings. The highest BCUT2D eigenvalue weighted by atomic mass is 19.1. The molecule has 1 atom stereocenters. The van der Waals surface area contributed by atoms with E-state index in [4.69, 9.17) is 9.47 Å². The molecule has 0 spiro atoms. The Morgan fingerprint density at radius 1 is 1.42 bits per heavy atom. The predicted octanol–water partition coefficient (Wildman–Crippen LogP) is 2.52. The van der Waals surface area contributed by atoms with Gasteiger partial charge in [0.1, 0.15) is 11.9 Å². The molecule has 0 radical (unpaired) electrons. The molecule has 1 N–H and O–H groups in total. The monoisotopic (exact) mass is 270 g/mol. The number of nitrogens with one attached hydrogen (secondary N) is 1. The van der Waals surface area contributed by atoms with Crippen LogP contribution in [0.4, 0.5) is 4.39 Å². The average Bonchev–Trinajstić information content (AvgIpc) is 2.39. The summed E-state index contributed by atoms with van der Waals surface area (Å²) in [4.78, 5) is 4.01. The molecule has 0 aliphatic heterocycles. The molecule has 0 amide bonds. The summed E-state index contributed by atoms with van der Waals surface area (Å²) in [7, 11) is 0. The molecule has 0 aliphatic carbocycles. The van der Waals surface area contributed by atoms with Crippen LogP contribution in [0, 0.1) is 5.82 Å². The Hall–Kier alpha value is -1.20. The number of ether oxygens (including phenoxy) is 2. The smallest absolute Gasteiger partial charge is 0.218 e. The van der Waals surface area contributed by atoms with Gasteiger partial charge >= 0.3 is 0 Å². The van der Waals surface area contributed by atoms with E-state index in [9.17, 15) is 4.39 Å². The number of nitrogens with zero attached hydrogens (tertiary/aromatic N) is 1. The van der Waals surface area contributed by atoms with Crippen LogP contribution in [-0.4, -0.2) is 30.8 Å². The Kier molecular flexibility index (Phi) is 7.36. The quantitative estimate of drug-likeness (QED) is 0.700. The van der Waals surface area contributed by atoms with Gasteiger partial charge in [0.15, 0.2) is 0 Å². The summed E-state index contributed by atoms with van der Waals surface area (Å²) < 4.78 is 24.2. The summed E-state index contributed by atoms with van der Waals surface area (Å²) in [5.74, 6) is 0.121. The zero-order valence-electron chi connectivity index (χ0n) is 11.9. The van der Waals surface area contributed by atoms with E-state index < -0.39 is 0 Å². The van der Waals surface area contributed by atoms with Crippen molar-refractivity contribution in [1.29, 1.82) is 0 Å². The normalized spacial score (nSPS) is 12.4. The maximum Gasteiger partial charge on any atom is 0.218 e. The third kappa shape index (κ3) is 5.98. The van der Waals surface area contributed by atoms with E-state index in [2.05, 4.69) is 17.2 Å². The van der Waals surface area contributed by atoms with Gasteiger partial charge in [0.25, 0.3) is 0 Å².